The minimum atomic E-state index is -0.291. The summed E-state index contributed by atoms with van der Waals surface area (Å²) in [4.78, 5) is 20.0. The van der Waals surface area contributed by atoms with Crippen LogP contribution in [0.3, 0.4) is 0 Å². The van der Waals surface area contributed by atoms with Crippen molar-refractivity contribution in [3.63, 3.8) is 0 Å². The van der Waals surface area contributed by atoms with Crippen molar-refractivity contribution in [2.24, 2.45) is 5.10 Å². The zero-order chi connectivity index (χ0) is 17.8. The Morgan fingerprint density at radius 2 is 1.81 bits per heavy atom. The van der Waals surface area contributed by atoms with Crippen molar-refractivity contribution in [2.45, 2.75) is 0 Å². The van der Waals surface area contributed by atoms with Crippen LogP contribution in [0.5, 0.6) is 0 Å². The predicted molar refractivity (Wildman–Crippen MR) is 103 cm³/mol. The molecule has 0 spiro atoms. The van der Waals surface area contributed by atoms with Crippen molar-refractivity contribution in [3.8, 4) is 11.1 Å². The lowest BCUT2D eigenvalue weighted by Crippen LogP contribution is -2.18. The number of benzene rings is 2. The van der Waals surface area contributed by atoms with Crippen LogP contribution in [0.15, 0.2) is 84.2 Å². The molecule has 126 valence electrons. The van der Waals surface area contributed by atoms with Crippen molar-refractivity contribution in [1.29, 1.82) is 0 Å². The van der Waals surface area contributed by atoms with Gasteiger partial charge in [0.05, 0.1) is 6.21 Å². The summed E-state index contributed by atoms with van der Waals surface area (Å²) in [6.45, 7) is 0. The number of aromatic amines is 1. The third-order valence-electron chi connectivity index (χ3n) is 4.06. The van der Waals surface area contributed by atoms with Crippen LogP contribution < -0.4 is 5.43 Å². The Hall–Kier alpha value is -3.73. The van der Waals surface area contributed by atoms with Crippen LogP contribution in [0.4, 0.5) is 0 Å². The van der Waals surface area contributed by atoms with Gasteiger partial charge in [0.25, 0.3) is 5.91 Å². The van der Waals surface area contributed by atoms with Gasteiger partial charge in [-0.15, -0.1) is 0 Å². The SMILES string of the molecule is O=C(N/N=C\c1cccnc1)c1[nH]c2ccccc2c1-c1ccccc1. The lowest BCUT2D eigenvalue weighted by molar-refractivity contribution is 0.0951. The molecule has 0 aliphatic carbocycles. The highest BCUT2D eigenvalue weighted by atomic mass is 16.2. The van der Waals surface area contributed by atoms with Gasteiger partial charge < -0.3 is 4.98 Å². The smallest absolute Gasteiger partial charge is 0.288 e. The number of amides is 1. The molecule has 0 aliphatic rings. The van der Waals surface area contributed by atoms with E-state index in [1.165, 1.54) is 0 Å². The topological polar surface area (TPSA) is 70.1 Å². The maximum Gasteiger partial charge on any atom is 0.288 e. The number of aromatic nitrogens is 2. The molecular weight excluding hydrogens is 324 g/mol. The quantitative estimate of drug-likeness (QED) is 0.435. The Labute approximate surface area is 150 Å². The Balaban J connectivity index is 1.69. The number of hydrazone groups is 1. The molecule has 2 heterocycles. The van der Waals surface area contributed by atoms with Gasteiger partial charge in [-0.05, 0) is 17.7 Å². The number of carbonyl (C=O) groups excluding carboxylic acids is 1. The molecule has 0 saturated heterocycles. The molecule has 2 N–H and O–H groups in total. The molecule has 0 saturated carbocycles. The lowest BCUT2D eigenvalue weighted by atomic mass is 10.0. The van der Waals surface area contributed by atoms with Gasteiger partial charge in [-0.3, -0.25) is 9.78 Å². The fourth-order valence-electron chi connectivity index (χ4n) is 2.89. The molecule has 4 aromatic rings. The normalized spacial score (nSPS) is 11.1. The molecule has 0 bridgehead atoms. The Bertz CT molecular complexity index is 1070. The number of nitrogens with one attached hydrogen (secondary N) is 2. The second-order valence-electron chi connectivity index (χ2n) is 5.77. The minimum absolute atomic E-state index is 0.291. The summed E-state index contributed by atoms with van der Waals surface area (Å²) in [6.07, 6.45) is 4.93. The summed E-state index contributed by atoms with van der Waals surface area (Å²) in [5, 5.41) is 5.04. The summed E-state index contributed by atoms with van der Waals surface area (Å²) in [7, 11) is 0. The average molecular weight is 340 g/mol. The number of rotatable bonds is 4. The summed E-state index contributed by atoms with van der Waals surface area (Å²) in [6, 6.07) is 21.4. The van der Waals surface area contributed by atoms with Crippen LogP contribution in [0, 0.1) is 0 Å². The molecule has 2 aromatic carbocycles. The molecule has 5 nitrogen and oxygen atoms in total. The van der Waals surface area contributed by atoms with Crippen LogP contribution in [-0.2, 0) is 0 Å². The summed E-state index contributed by atoms with van der Waals surface area (Å²) in [5.41, 5.74) is 6.65. The number of H-pyrrole nitrogens is 1. The molecule has 4 rings (SSSR count). The number of carbonyl (C=O) groups is 1. The first kappa shape index (κ1) is 15.8. The molecular formula is C21H16N4O. The van der Waals surface area contributed by atoms with Crippen LogP contribution in [0.2, 0.25) is 0 Å². The molecule has 0 aliphatic heterocycles. The van der Waals surface area contributed by atoms with Crippen LogP contribution >= 0.6 is 0 Å². The molecule has 0 fully saturated rings. The first-order chi connectivity index (χ1) is 12.8. The molecule has 2 aromatic heterocycles. The van der Waals surface area contributed by atoms with Gasteiger partial charge in [0.15, 0.2) is 0 Å². The third kappa shape index (κ3) is 3.10. The van der Waals surface area contributed by atoms with Gasteiger partial charge in [0, 0.05) is 34.4 Å². The molecule has 0 radical (unpaired) electrons. The summed E-state index contributed by atoms with van der Waals surface area (Å²) < 4.78 is 0. The lowest BCUT2D eigenvalue weighted by Gasteiger charge is -2.04. The van der Waals surface area contributed by atoms with E-state index in [2.05, 4.69) is 20.5 Å². The van der Waals surface area contributed by atoms with E-state index in [1.54, 1.807) is 18.6 Å². The monoisotopic (exact) mass is 340 g/mol. The summed E-state index contributed by atoms with van der Waals surface area (Å²) >= 11 is 0. The Morgan fingerprint density at radius 1 is 1.00 bits per heavy atom. The maximum absolute atomic E-state index is 12.7. The first-order valence-electron chi connectivity index (χ1n) is 8.22. The van der Waals surface area contributed by atoms with Crippen molar-refractivity contribution in [2.75, 3.05) is 0 Å². The van der Waals surface area contributed by atoms with Crippen molar-refractivity contribution in [1.82, 2.24) is 15.4 Å². The van der Waals surface area contributed by atoms with Gasteiger partial charge in [-0.1, -0.05) is 54.6 Å². The second kappa shape index (κ2) is 7.03. The fourth-order valence-corrected chi connectivity index (χ4v) is 2.89. The predicted octanol–water partition coefficient (Wildman–Crippen LogP) is 3.99. The van der Waals surface area contributed by atoms with E-state index in [0.29, 0.717) is 5.69 Å². The molecule has 0 unspecified atom stereocenters. The molecule has 5 heteroatoms. The van der Waals surface area contributed by atoms with Crippen LogP contribution in [-0.4, -0.2) is 22.1 Å². The van der Waals surface area contributed by atoms with E-state index >= 15 is 0 Å². The van der Waals surface area contributed by atoms with Gasteiger partial charge in [-0.2, -0.15) is 5.10 Å². The van der Waals surface area contributed by atoms with Crippen molar-refractivity contribution in [3.05, 3.63) is 90.4 Å². The van der Waals surface area contributed by atoms with Crippen molar-refractivity contribution >= 4 is 23.0 Å². The number of hydrogen-bond donors (Lipinski definition) is 2. The van der Waals surface area contributed by atoms with E-state index < -0.39 is 0 Å². The minimum Gasteiger partial charge on any atom is -0.350 e. The number of fused-ring (bicyclic) bond motifs is 1. The fraction of sp³-hybridized carbons (Fsp3) is 0. The number of nitrogens with zero attached hydrogens (tertiary/aromatic N) is 2. The zero-order valence-corrected chi connectivity index (χ0v) is 13.9. The highest BCUT2D eigenvalue weighted by Gasteiger charge is 2.18. The van der Waals surface area contributed by atoms with Crippen LogP contribution in [0.25, 0.3) is 22.0 Å². The highest BCUT2D eigenvalue weighted by molar-refractivity contribution is 6.09. The first-order valence-corrected chi connectivity index (χ1v) is 8.22. The third-order valence-corrected chi connectivity index (χ3v) is 4.06. The number of pyridine rings is 1. The molecule has 0 atom stereocenters. The van der Waals surface area contributed by atoms with Gasteiger partial charge in [0.2, 0.25) is 0 Å². The largest absolute Gasteiger partial charge is 0.350 e. The average Bonchev–Trinajstić information content (AvgIpc) is 3.09. The number of para-hydroxylation sites is 1. The Kier molecular flexibility index (Phi) is 4.26. The molecule has 26 heavy (non-hydrogen) atoms. The van der Waals surface area contributed by atoms with Gasteiger partial charge in [0.1, 0.15) is 5.69 Å². The van der Waals surface area contributed by atoms with E-state index in [9.17, 15) is 4.79 Å². The van der Waals surface area contributed by atoms with E-state index in [4.69, 9.17) is 0 Å². The van der Waals surface area contributed by atoms with E-state index in [-0.39, 0.29) is 5.91 Å². The van der Waals surface area contributed by atoms with E-state index in [1.807, 2.05) is 66.7 Å². The van der Waals surface area contributed by atoms with Crippen molar-refractivity contribution < 1.29 is 4.79 Å². The maximum atomic E-state index is 12.7. The number of hydrogen-bond acceptors (Lipinski definition) is 3. The highest BCUT2D eigenvalue weighted by Crippen LogP contribution is 2.32. The zero-order valence-electron chi connectivity index (χ0n) is 13.9. The van der Waals surface area contributed by atoms with Crippen LogP contribution in [0.1, 0.15) is 16.1 Å². The van der Waals surface area contributed by atoms with Gasteiger partial charge in [-0.25, -0.2) is 5.43 Å². The standard InChI is InChI=1S/C21H16N4O/c26-21(25-23-14-15-7-6-12-22-13-15)20-19(16-8-2-1-3-9-16)17-10-4-5-11-18(17)24-20/h1-14,24H,(H,25,26)/b23-14-. The molecule has 1 amide bonds. The summed E-state index contributed by atoms with van der Waals surface area (Å²) in [5.74, 6) is -0.291. The second-order valence-corrected chi connectivity index (χ2v) is 5.77. The Morgan fingerprint density at radius 3 is 2.62 bits per heavy atom. The van der Waals surface area contributed by atoms with Gasteiger partial charge >= 0.3 is 0 Å². The van der Waals surface area contributed by atoms with E-state index in [0.717, 1.165) is 27.6 Å².